The number of hydrogen-bond acceptors (Lipinski definition) is 4. The zero-order chi connectivity index (χ0) is 13.4. The fourth-order valence-electron chi connectivity index (χ4n) is 1.70. The third kappa shape index (κ3) is 5.32. The van der Waals surface area contributed by atoms with E-state index in [1.165, 1.54) is 4.31 Å². The van der Waals surface area contributed by atoms with Crippen LogP contribution in [-0.2, 0) is 19.6 Å². The normalized spacial score (nSPS) is 17.6. The highest BCUT2D eigenvalue weighted by atomic mass is 32.2. The lowest BCUT2D eigenvalue weighted by molar-refractivity contribution is -0.121. The Morgan fingerprint density at radius 2 is 2.00 bits per heavy atom. The Bertz CT molecular complexity index is 350. The lowest BCUT2D eigenvalue weighted by atomic mass is 10.2. The lowest BCUT2D eigenvalue weighted by Gasteiger charge is -2.26. The standard InChI is InChI=1S/C11H22N2O4S/c1-2-3-4-11(14)12-5-10-18(15,16)13-6-8-17-9-7-13/h2-10H2,1H3,(H,12,14). The molecule has 7 heteroatoms. The minimum Gasteiger partial charge on any atom is -0.379 e. The van der Waals surface area contributed by atoms with E-state index in [1.54, 1.807) is 0 Å². The molecule has 1 amide bonds. The number of nitrogens with zero attached hydrogens (tertiary/aromatic N) is 1. The van der Waals surface area contributed by atoms with Gasteiger partial charge in [0.15, 0.2) is 0 Å². The Kier molecular flexibility index (Phi) is 6.59. The second-order valence-electron chi connectivity index (χ2n) is 4.28. The molecule has 0 aromatic carbocycles. The second-order valence-corrected chi connectivity index (χ2v) is 6.37. The van der Waals surface area contributed by atoms with Gasteiger partial charge in [0, 0.05) is 26.1 Å². The average Bonchev–Trinajstić information content (AvgIpc) is 2.37. The van der Waals surface area contributed by atoms with Crippen LogP contribution in [0.3, 0.4) is 0 Å². The molecular formula is C11H22N2O4S. The summed E-state index contributed by atoms with van der Waals surface area (Å²) >= 11 is 0. The van der Waals surface area contributed by atoms with Gasteiger partial charge in [0.25, 0.3) is 0 Å². The molecule has 106 valence electrons. The van der Waals surface area contributed by atoms with Crippen LogP contribution in [0.1, 0.15) is 26.2 Å². The number of sulfonamides is 1. The van der Waals surface area contributed by atoms with E-state index in [-0.39, 0.29) is 18.2 Å². The molecule has 1 N–H and O–H groups in total. The lowest BCUT2D eigenvalue weighted by Crippen LogP contribution is -2.43. The van der Waals surface area contributed by atoms with Gasteiger partial charge < -0.3 is 10.1 Å². The third-order valence-electron chi connectivity index (χ3n) is 2.80. The predicted octanol–water partition coefficient (Wildman–Crippen LogP) is -0.0452. The molecule has 0 aromatic rings. The van der Waals surface area contributed by atoms with Gasteiger partial charge in [-0.1, -0.05) is 13.3 Å². The van der Waals surface area contributed by atoms with E-state index >= 15 is 0 Å². The van der Waals surface area contributed by atoms with E-state index in [0.717, 1.165) is 12.8 Å². The number of ether oxygens (including phenoxy) is 1. The summed E-state index contributed by atoms with van der Waals surface area (Å²) in [5.74, 6) is -0.112. The van der Waals surface area contributed by atoms with Crippen LogP contribution in [0.5, 0.6) is 0 Å². The third-order valence-corrected chi connectivity index (χ3v) is 4.67. The van der Waals surface area contributed by atoms with Crippen LogP contribution in [-0.4, -0.2) is 57.2 Å². The first-order chi connectivity index (χ1) is 8.56. The molecule has 0 aliphatic carbocycles. The SMILES string of the molecule is CCCCC(=O)NCCS(=O)(=O)N1CCOCC1. The summed E-state index contributed by atoms with van der Waals surface area (Å²) in [6.07, 6.45) is 2.26. The number of amides is 1. The molecule has 1 saturated heterocycles. The van der Waals surface area contributed by atoms with Gasteiger partial charge in [-0.3, -0.25) is 4.79 Å². The maximum absolute atomic E-state index is 11.9. The van der Waals surface area contributed by atoms with Crippen LogP contribution < -0.4 is 5.32 Å². The molecule has 1 aliphatic rings. The largest absolute Gasteiger partial charge is 0.379 e. The summed E-state index contributed by atoms with van der Waals surface area (Å²) in [5.41, 5.74) is 0. The van der Waals surface area contributed by atoms with Gasteiger partial charge in [0.05, 0.1) is 19.0 Å². The number of morpholine rings is 1. The van der Waals surface area contributed by atoms with Gasteiger partial charge in [0.2, 0.25) is 15.9 Å². The van der Waals surface area contributed by atoms with E-state index in [4.69, 9.17) is 4.74 Å². The van der Waals surface area contributed by atoms with Crippen molar-refractivity contribution in [3.8, 4) is 0 Å². The van der Waals surface area contributed by atoms with Crippen LogP contribution in [0.25, 0.3) is 0 Å². The monoisotopic (exact) mass is 278 g/mol. The van der Waals surface area contributed by atoms with Gasteiger partial charge in [0.1, 0.15) is 0 Å². The first kappa shape index (κ1) is 15.4. The zero-order valence-corrected chi connectivity index (χ0v) is 11.7. The Morgan fingerprint density at radius 1 is 1.33 bits per heavy atom. The van der Waals surface area contributed by atoms with Crippen molar-refractivity contribution >= 4 is 15.9 Å². The fraction of sp³-hybridized carbons (Fsp3) is 0.909. The molecule has 0 atom stereocenters. The molecule has 6 nitrogen and oxygen atoms in total. The predicted molar refractivity (Wildman–Crippen MR) is 68.7 cm³/mol. The van der Waals surface area contributed by atoms with E-state index in [1.807, 2.05) is 6.92 Å². The molecule has 0 radical (unpaired) electrons. The topological polar surface area (TPSA) is 75.7 Å². The van der Waals surface area contributed by atoms with E-state index in [0.29, 0.717) is 32.7 Å². The summed E-state index contributed by atoms with van der Waals surface area (Å²) < 4.78 is 30.3. The Hall–Kier alpha value is -0.660. The summed E-state index contributed by atoms with van der Waals surface area (Å²) in [6.45, 7) is 3.90. The average molecular weight is 278 g/mol. The molecule has 18 heavy (non-hydrogen) atoms. The first-order valence-electron chi connectivity index (χ1n) is 6.38. The van der Waals surface area contributed by atoms with Gasteiger partial charge in [-0.05, 0) is 6.42 Å². The van der Waals surface area contributed by atoms with Crippen molar-refractivity contribution in [2.75, 3.05) is 38.6 Å². The number of carbonyl (C=O) groups is 1. The van der Waals surface area contributed by atoms with Gasteiger partial charge in [-0.2, -0.15) is 4.31 Å². The van der Waals surface area contributed by atoms with Gasteiger partial charge >= 0.3 is 0 Å². The number of carbonyl (C=O) groups excluding carboxylic acids is 1. The van der Waals surface area contributed by atoms with Crippen molar-refractivity contribution in [2.45, 2.75) is 26.2 Å². The van der Waals surface area contributed by atoms with E-state index in [9.17, 15) is 13.2 Å². The number of unbranched alkanes of at least 4 members (excludes halogenated alkanes) is 1. The maximum atomic E-state index is 11.9. The van der Waals surface area contributed by atoms with Gasteiger partial charge in [-0.25, -0.2) is 8.42 Å². The summed E-state index contributed by atoms with van der Waals surface area (Å²) in [6, 6.07) is 0. The first-order valence-corrected chi connectivity index (χ1v) is 7.99. The highest BCUT2D eigenvalue weighted by molar-refractivity contribution is 7.89. The second kappa shape index (κ2) is 7.70. The minimum absolute atomic E-state index is 0.0368. The molecular weight excluding hydrogens is 256 g/mol. The van der Waals surface area contributed by atoms with Crippen molar-refractivity contribution in [2.24, 2.45) is 0 Å². The van der Waals surface area contributed by atoms with Crippen LogP contribution in [0.15, 0.2) is 0 Å². The van der Waals surface area contributed by atoms with Crippen LogP contribution in [0, 0.1) is 0 Å². The molecule has 1 fully saturated rings. The van der Waals surface area contributed by atoms with Crippen LogP contribution in [0.2, 0.25) is 0 Å². The van der Waals surface area contributed by atoms with E-state index < -0.39 is 10.0 Å². The van der Waals surface area contributed by atoms with Crippen LogP contribution in [0.4, 0.5) is 0 Å². The fourth-order valence-corrected chi connectivity index (χ4v) is 3.02. The summed E-state index contributed by atoms with van der Waals surface area (Å²) in [7, 11) is -3.26. The van der Waals surface area contributed by atoms with Crippen LogP contribution >= 0.6 is 0 Å². The number of hydrogen-bond donors (Lipinski definition) is 1. The Morgan fingerprint density at radius 3 is 2.61 bits per heavy atom. The highest BCUT2D eigenvalue weighted by Crippen LogP contribution is 2.05. The summed E-state index contributed by atoms with van der Waals surface area (Å²) in [5, 5.41) is 2.64. The quantitative estimate of drug-likeness (QED) is 0.709. The zero-order valence-electron chi connectivity index (χ0n) is 10.9. The molecule has 1 heterocycles. The number of rotatable bonds is 7. The Labute approximate surface area is 109 Å². The molecule has 1 aliphatic heterocycles. The van der Waals surface area contributed by atoms with Crippen molar-refractivity contribution in [1.82, 2.24) is 9.62 Å². The smallest absolute Gasteiger partial charge is 0.220 e. The molecule has 0 aromatic heterocycles. The highest BCUT2D eigenvalue weighted by Gasteiger charge is 2.23. The molecule has 0 unspecified atom stereocenters. The summed E-state index contributed by atoms with van der Waals surface area (Å²) in [4.78, 5) is 11.3. The Balaban J connectivity index is 2.26. The molecule has 0 spiro atoms. The minimum atomic E-state index is -3.26. The number of nitrogens with one attached hydrogen (secondary N) is 1. The van der Waals surface area contributed by atoms with Crippen molar-refractivity contribution in [1.29, 1.82) is 0 Å². The van der Waals surface area contributed by atoms with E-state index in [2.05, 4.69) is 5.32 Å². The molecule has 0 saturated carbocycles. The maximum Gasteiger partial charge on any atom is 0.220 e. The molecule has 0 bridgehead atoms. The molecule has 1 rings (SSSR count). The van der Waals surface area contributed by atoms with Gasteiger partial charge in [-0.15, -0.1) is 0 Å². The van der Waals surface area contributed by atoms with Crippen molar-refractivity contribution in [3.63, 3.8) is 0 Å². The van der Waals surface area contributed by atoms with Crippen molar-refractivity contribution < 1.29 is 17.9 Å². The van der Waals surface area contributed by atoms with Crippen molar-refractivity contribution in [3.05, 3.63) is 0 Å².